The van der Waals surface area contributed by atoms with Gasteiger partial charge in [0.05, 0.1) is 21.7 Å². The molecule has 1 aromatic heterocycles. The average molecular weight is 471 g/mol. The predicted octanol–water partition coefficient (Wildman–Crippen LogP) is 4.58. The monoisotopic (exact) mass is 470 g/mol. The minimum atomic E-state index is -4.66. The van der Waals surface area contributed by atoms with E-state index in [4.69, 9.17) is 11.6 Å². The van der Waals surface area contributed by atoms with E-state index in [1.165, 1.54) is 22.6 Å². The summed E-state index contributed by atoms with van der Waals surface area (Å²) < 4.78 is 67.2. The SMILES string of the molecule is O=S(=O)(c1cccc2cccnc12)N1CCC(O)(c2ccc(Cl)c(C(F)(F)F)c2)CC1. The van der Waals surface area contributed by atoms with Crippen LogP contribution in [0.5, 0.6) is 0 Å². The molecule has 0 atom stereocenters. The number of fused-ring (bicyclic) bond motifs is 1. The van der Waals surface area contributed by atoms with E-state index in [-0.39, 0.29) is 36.4 Å². The number of piperidine rings is 1. The van der Waals surface area contributed by atoms with Crippen LogP contribution in [0.1, 0.15) is 24.0 Å². The summed E-state index contributed by atoms with van der Waals surface area (Å²) in [5.74, 6) is 0. The van der Waals surface area contributed by atoms with E-state index in [2.05, 4.69) is 4.98 Å². The van der Waals surface area contributed by atoms with Crippen LogP contribution in [-0.4, -0.2) is 35.9 Å². The Balaban J connectivity index is 1.61. The van der Waals surface area contributed by atoms with Crippen LogP contribution in [0.25, 0.3) is 10.9 Å². The first kappa shape index (κ1) is 22.0. The van der Waals surface area contributed by atoms with Gasteiger partial charge in [0.15, 0.2) is 0 Å². The Hall–Kier alpha value is -2.20. The Bertz CT molecular complexity index is 1230. The molecule has 0 radical (unpaired) electrons. The summed E-state index contributed by atoms with van der Waals surface area (Å²) in [6, 6.07) is 11.6. The molecule has 0 saturated carbocycles. The van der Waals surface area contributed by atoms with Crippen molar-refractivity contribution in [1.82, 2.24) is 9.29 Å². The second-order valence-electron chi connectivity index (χ2n) is 7.46. The molecule has 1 fully saturated rings. The molecule has 31 heavy (non-hydrogen) atoms. The van der Waals surface area contributed by atoms with Crippen molar-refractivity contribution in [3.63, 3.8) is 0 Å². The van der Waals surface area contributed by atoms with Crippen molar-refractivity contribution in [3.05, 3.63) is 70.9 Å². The number of hydrogen-bond donors (Lipinski definition) is 1. The van der Waals surface area contributed by atoms with E-state index >= 15 is 0 Å². The number of rotatable bonds is 3. The zero-order valence-electron chi connectivity index (χ0n) is 16.1. The number of nitrogens with zero attached hydrogens (tertiary/aromatic N) is 2. The highest BCUT2D eigenvalue weighted by Gasteiger charge is 2.41. The van der Waals surface area contributed by atoms with Gasteiger partial charge in [-0.1, -0.05) is 35.9 Å². The molecule has 1 N–H and O–H groups in total. The molecule has 0 bridgehead atoms. The number of sulfonamides is 1. The third-order valence-corrected chi connectivity index (χ3v) is 7.83. The minimum absolute atomic E-state index is 0.0496. The molecule has 2 heterocycles. The molecule has 2 aromatic carbocycles. The largest absolute Gasteiger partial charge is 0.417 e. The fraction of sp³-hybridized carbons (Fsp3) is 0.286. The zero-order chi connectivity index (χ0) is 22.4. The smallest absolute Gasteiger partial charge is 0.385 e. The van der Waals surface area contributed by atoms with Gasteiger partial charge in [-0.05, 0) is 42.7 Å². The van der Waals surface area contributed by atoms with E-state index in [0.29, 0.717) is 10.9 Å². The molecular weight excluding hydrogens is 453 g/mol. The molecule has 3 aromatic rings. The number of hydrogen-bond acceptors (Lipinski definition) is 4. The number of benzene rings is 2. The van der Waals surface area contributed by atoms with E-state index < -0.39 is 32.4 Å². The predicted molar refractivity (Wildman–Crippen MR) is 110 cm³/mol. The minimum Gasteiger partial charge on any atom is -0.385 e. The Morgan fingerprint density at radius 1 is 1.06 bits per heavy atom. The second-order valence-corrected chi connectivity index (χ2v) is 9.77. The summed E-state index contributed by atoms with van der Waals surface area (Å²) in [4.78, 5) is 4.24. The van der Waals surface area contributed by atoms with Crippen LogP contribution < -0.4 is 0 Å². The Morgan fingerprint density at radius 3 is 2.42 bits per heavy atom. The number of aliphatic hydroxyl groups is 1. The fourth-order valence-corrected chi connectivity index (χ4v) is 5.67. The van der Waals surface area contributed by atoms with E-state index in [1.54, 1.807) is 24.3 Å². The summed E-state index contributed by atoms with van der Waals surface area (Å²) in [7, 11) is -3.90. The maximum Gasteiger partial charge on any atom is 0.417 e. The lowest BCUT2D eigenvalue weighted by atomic mass is 9.84. The Labute approximate surface area is 182 Å². The third-order valence-electron chi connectivity index (χ3n) is 5.57. The highest BCUT2D eigenvalue weighted by Crippen LogP contribution is 2.40. The summed E-state index contributed by atoms with van der Waals surface area (Å²) in [6.45, 7) is -0.0991. The molecule has 1 saturated heterocycles. The van der Waals surface area contributed by atoms with Gasteiger partial charge in [0.1, 0.15) is 4.90 Å². The van der Waals surface area contributed by atoms with Crippen LogP contribution in [0.3, 0.4) is 0 Å². The molecule has 5 nitrogen and oxygen atoms in total. The van der Waals surface area contributed by atoms with Gasteiger partial charge in [-0.25, -0.2) is 8.42 Å². The van der Waals surface area contributed by atoms with Crippen molar-refractivity contribution in [2.24, 2.45) is 0 Å². The molecule has 0 spiro atoms. The third kappa shape index (κ3) is 4.03. The average Bonchev–Trinajstić information content (AvgIpc) is 2.73. The lowest BCUT2D eigenvalue weighted by Crippen LogP contribution is -2.45. The lowest BCUT2D eigenvalue weighted by Gasteiger charge is -2.38. The van der Waals surface area contributed by atoms with Gasteiger partial charge in [0, 0.05) is 24.7 Å². The van der Waals surface area contributed by atoms with Gasteiger partial charge < -0.3 is 5.11 Å². The highest BCUT2D eigenvalue weighted by atomic mass is 35.5. The Kier molecular flexibility index (Phi) is 5.49. The summed E-state index contributed by atoms with van der Waals surface area (Å²) in [5, 5.41) is 11.2. The number of halogens is 4. The van der Waals surface area contributed by atoms with Crippen molar-refractivity contribution in [1.29, 1.82) is 0 Å². The maximum atomic E-state index is 13.2. The molecule has 4 rings (SSSR count). The zero-order valence-corrected chi connectivity index (χ0v) is 17.7. The maximum absolute atomic E-state index is 13.2. The number of alkyl halides is 3. The van der Waals surface area contributed by atoms with Crippen LogP contribution in [-0.2, 0) is 21.8 Å². The van der Waals surface area contributed by atoms with Gasteiger partial charge >= 0.3 is 6.18 Å². The van der Waals surface area contributed by atoms with Crippen molar-refractivity contribution in [2.45, 2.75) is 29.5 Å². The molecule has 164 valence electrons. The van der Waals surface area contributed by atoms with E-state index in [1.807, 2.05) is 0 Å². The van der Waals surface area contributed by atoms with Crippen LogP contribution >= 0.6 is 11.6 Å². The van der Waals surface area contributed by atoms with Gasteiger partial charge in [-0.2, -0.15) is 17.5 Å². The van der Waals surface area contributed by atoms with Gasteiger partial charge in [0.25, 0.3) is 0 Å². The highest BCUT2D eigenvalue weighted by molar-refractivity contribution is 7.89. The van der Waals surface area contributed by atoms with E-state index in [0.717, 1.165) is 12.1 Å². The normalized spacial score (nSPS) is 17.7. The van der Waals surface area contributed by atoms with Crippen molar-refractivity contribution >= 4 is 32.5 Å². The summed E-state index contributed by atoms with van der Waals surface area (Å²) in [6.07, 6.45) is -3.25. The molecule has 1 aliphatic heterocycles. The lowest BCUT2D eigenvalue weighted by molar-refractivity contribution is -0.137. The van der Waals surface area contributed by atoms with Crippen molar-refractivity contribution in [3.8, 4) is 0 Å². The van der Waals surface area contributed by atoms with E-state index in [9.17, 15) is 26.7 Å². The standard InChI is InChI=1S/C21H18ClF3N2O3S/c22-17-7-6-15(13-16(17)21(23,24)25)20(28)8-11-27(12-9-20)31(29,30)18-5-1-3-14-4-2-10-26-19(14)18/h1-7,10,13,28H,8-9,11-12H2. The second kappa shape index (κ2) is 7.74. The van der Waals surface area contributed by atoms with Gasteiger partial charge in [-0.3, -0.25) is 4.98 Å². The van der Waals surface area contributed by atoms with Crippen LogP contribution in [0.15, 0.2) is 59.6 Å². The van der Waals surface area contributed by atoms with Crippen LogP contribution in [0.4, 0.5) is 13.2 Å². The summed E-state index contributed by atoms with van der Waals surface area (Å²) in [5.41, 5.74) is -2.21. The molecule has 0 aliphatic carbocycles. The Morgan fingerprint density at radius 2 is 1.74 bits per heavy atom. The molecule has 10 heteroatoms. The van der Waals surface area contributed by atoms with Gasteiger partial charge in [-0.15, -0.1) is 0 Å². The number of aromatic nitrogens is 1. The summed E-state index contributed by atoms with van der Waals surface area (Å²) >= 11 is 5.67. The molecule has 1 aliphatic rings. The molecule has 0 amide bonds. The first-order valence-electron chi connectivity index (χ1n) is 9.46. The fourth-order valence-electron chi connectivity index (χ4n) is 3.84. The van der Waals surface area contributed by atoms with Crippen molar-refractivity contribution < 1.29 is 26.7 Å². The molecular formula is C21H18ClF3N2O3S. The first-order valence-corrected chi connectivity index (χ1v) is 11.3. The van der Waals surface area contributed by atoms with Crippen molar-refractivity contribution in [2.75, 3.05) is 13.1 Å². The molecule has 0 unspecified atom stereocenters. The van der Waals surface area contributed by atoms with Gasteiger partial charge in [0.2, 0.25) is 10.0 Å². The quantitative estimate of drug-likeness (QED) is 0.608. The number of para-hydroxylation sites is 1. The topological polar surface area (TPSA) is 70.5 Å². The first-order chi connectivity index (χ1) is 14.5. The van der Waals surface area contributed by atoms with Crippen LogP contribution in [0.2, 0.25) is 5.02 Å². The van der Waals surface area contributed by atoms with Crippen LogP contribution in [0, 0.1) is 0 Å². The number of pyridine rings is 1.